The molecule has 5 heteroatoms. The molecule has 1 saturated carbocycles. The van der Waals surface area contributed by atoms with Crippen LogP contribution in [0.15, 0.2) is 18.2 Å². The molecule has 4 nitrogen and oxygen atoms in total. The molecule has 4 N–H and O–H groups in total. The molecule has 2 amide bonds. The molecule has 0 saturated heterocycles. The number of nitrogens with two attached hydrogens (primary N) is 1. The third-order valence-corrected chi connectivity index (χ3v) is 3.58. The summed E-state index contributed by atoms with van der Waals surface area (Å²) in [6.45, 7) is 0.735. The van der Waals surface area contributed by atoms with Gasteiger partial charge in [-0.2, -0.15) is 0 Å². The molecule has 0 aromatic heterocycles. The van der Waals surface area contributed by atoms with Gasteiger partial charge in [0.2, 0.25) is 0 Å². The van der Waals surface area contributed by atoms with Crippen molar-refractivity contribution in [3.63, 3.8) is 0 Å². The van der Waals surface area contributed by atoms with Gasteiger partial charge >= 0.3 is 6.03 Å². The van der Waals surface area contributed by atoms with E-state index in [-0.39, 0.29) is 6.03 Å². The van der Waals surface area contributed by atoms with Crippen molar-refractivity contribution in [2.24, 2.45) is 5.92 Å². The zero-order valence-electron chi connectivity index (χ0n) is 10.2. The van der Waals surface area contributed by atoms with Crippen LogP contribution in [0.3, 0.4) is 0 Å². The largest absolute Gasteiger partial charge is 0.399 e. The maximum Gasteiger partial charge on any atom is 0.319 e. The number of benzene rings is 1. The Morgan fingerprint density at radius 3 is 2.78 bits per heavy atom. The summed E-state index contributed by atoms with van der Waals surface area (Å²) in [5.41, 5.74) is 6.75. The van der Waals surface area contributed by atoms with Gasteiger partial charge in [0.25, 0.3) is 0 Å². The average Bonchev–Trinajstić information content (AvgIpc) is 2.83. The number of anilines is 2. The van der Waals surface area contributed by atoms with Gasteiger partial charge in [0.15, 0.2) is 0 Å². The van der Waals surface area contributed by atoms with Crippen LogP contribution in [0.5, 0.6) is 0 Å². The number of carbonyl (C=O) groups is 1. The van der Waals surface area contributed by atoms with E-state index in [9.17, 15) is 4.79 Å². The SMILES string of the molecule is Nc1ccc(NC(=O)NCC2CCCC2)c(Cl)c1. The third kappa shape index (κ3) is 3.53. The number of nitrogens with one attached hydrogen (secondary N) is 2. The van der Waals surface area contributed by atoms with E-state index in [2.05, 4.69) is 10.6 Å². The van der Waals surface area contributed by atoms with Gasteiger partial charge in [0.1, 0.15) is 0 Å². The van der Waals surface area contributed by atoms with Crippen molar-refractivity contribution in [3.8, 4) is 0 Å². The van der Waals surface area contributed by atoms with Crippen LogP contribution in [0.25, 0.3) is 0 Å². The summed E-state index contributed by atoms with van der Waals surface area (Å²) in [7, 11) is 0. The van der Waals surface area contributed by atoms with Crippen LogP contribution in [0.1, 0.15) is 25.7 Å². The Bertz CT molecular complexity index is 430. The topological polar surface area (TPSA) is 67.1 Å². The van der Waals surface area contributed by atoms with Gasteiger partial charge in [-0.25, -0.2) is 4.79 Å². The second kappa shape index (κ2) is 5.96. The van der Waals surface area contributed by atoms with E-state index in [1.165, 1.54) is 25.7 Å². The quantitative estimate of drug-likeness (QED) is 0.736. The monoisotopic (exact) mass is 267 g/mol. The fourth-order valence-corrected chi connectivity index (χ4v) is 2.49. The fraction of sp³-hybridized carbons (Fsp3) is 0.462. The summed E-state index contributed by atoms with van der Waals surface area (Å²) < 4.78 is 0. The molecule has 0 aliphatic heterocycles. The van der Waals surface area contributed by atoms with Crippen molar-refractivity contribution in [1.29, 1.82) is 0 Å². The lowest BCUT2D eigenvalue weighted by atomic mass is 10.1. The van der Waals surface area contributed by atoms with E-state index >= 15 is 0 Å². The first-order valence-corrected chi connectivity index (χ1v) is 6.63. The smallest absolute Gasteiger partial charge is 0.319 e. The van der Waals surface area contributed by atoms with Crippen LogP contribution in [0, 0.1) is 5.92 Å². The highest BCUT2D eigenvalue weighted by Crippen LogP contribution is 2.25. The predicted molar refractivity (Wildman–Crippen MR) is 74.8 cm³/mol. The molecule has 18 heavy (non-hydrogen) atoms. The highest BCUT2D eigenvalue weighted by molar-refractivity contribution is 6.34. The van der Waals surface area contributed by atoms with Gasteiger partial charge in [0, 0.05) is 12.2 Å². The first-order valence-electron chi connectivity index (χ1n) is 6.25. The molecule has 2 rings (SSSR count). The lowest BCUT2D eigenvalue weighted by Crippen LogP contribution is -2.32. The molecule has 0 unspecified atom stereocenters. The second-order valence-electron chi connectivity index (χ2n) is 4.72. The molecular weight excluding hydrogens is 250 g/mol. The molecule has 0 spiro atoms. The number of rotatable bonds is 3. The van der Waals surface area contributed by atoms with Crippen molar-refractivity contribution in [2.75, 3.05) is 17.6 Å². The lowest BCUT2D eigenvalue weighted by Gasteiger charge is -2.12. The van der Waals surface area contributed by atoms with Crippen molar-refractivity contribution in [2.45, 2.75) is 25.7 Å². The number of nitrogen functional groups attached to an aromatic ring is 1. The Balaban J connectivity index is 1.82. The number of halogens is 1. The van der Waals surface area contributed by atoms with Crippen LogP contribution < -0.4 is 16.4 Å². The summed E-state index contributed by atoms with van der Waals surface area (Å²) in [5.74, 6) is 0.623. The molecule has 1 aromatic rings. The minimum Gasteiger partial charge on any atom is -0.399 e. The van der Waals surface area contributed by atoms with Crippen molar-refractivity contribution >= 4 is 29.0 Å². The van der Waals surface area contributed by atoms with Crippen LogP contribution >= 0.6 is 11.6 Å². The Hall–Kier alpha value is -1.42. The minimum absolute atomic E-state index is 0.214. The van der Waals surface area contributed by atoms with Crippen LogP contribution in [0.4, 0.5) is 16.2 Å². The van der Waals surface area contributed by atoms with Crippen molar-refractivity contribution in [3.05, 3.63) is 23.2 Å². The van der Waals surface area contributed by atoms with Gasteiger partial charge in [0.05, 0.1) is 10.7 Å². The number of urea groups is 1. The zero-order valence-corrected chi connectivity index (χ0v) is 11.0. The Kier molecular flexibility index (Phi) is 4.31. The molecule has 0 atom stereocenters. The number of carbonyl (C=O) groups excluding carboxylic acids is 1. The van der Waals surface area contributed by atoms with Gasteiger partial charge in [-0.3, -0.25) is 0 Å². The van der Waals surface area contributed by atoms with E-state index in [1.54, 1.807) is 18.2 Å². The molecule has 1 fully saturated rings. The molecule has 1 aromatic carbocycles. The standard InChI is InChI=1S/C13H18ClN3O/c14-11-7-10(15)5-6-12(11)17-13(18)16-8-9-3-1-2-4-9/h5-7,9H,1-4,8,15H2,(H2,16,17,18). The molecule has 0 bridgehead atoms. The maximum atomic E-state index is 11.7. The van der Waals surface area contributed by atoms with E-state index in [0.29, 0.717) is 22.3 Å². The third-order valence-electron chi connectivity index (χ3n) is 3.27. The highest BCUT2D eigenvalue weighted by Gasteiger charge is 2.15. The predicted octanol–water partition coefficient (Wildman–Crippen LogP) is 3.23. The van der Waals surface area contributed by atoms with Crippen LogP contribution in [0.2, 0.25) is 5.02 Å². The molecule has 1 aliphatic carbocycles. The summed E-state index contributed by atoms with van der Waals surface area (Å²) in [4.78, 5) is 11.7. The summed E-state index contributed by atoms with van der Waals surface area (Å²) >= 11 is 5.98. The Morgan fingerprint density at radius 1 is 1.39 bits per heavy atom. The lowest BCUT2D eigenvalue weighted by molar-refractivity contribution is 0.250. The van der Waals surface area contributed by atoms with Gasteiger partial charge in [-0.1, -0.05) is 24.4 Å². The normalized spacial score (nSPS) is 15.6. The van der Waals surface area contributed by atoms with Crippen LogP contribution in [-0.4, -0.2) is 12.6 Å². The fourth-order valence-electron chi connectivity index (χ4n) is 2.25. The average molecular weight is 268 g/mol. The molecular formula is C13H18ClN3O. The summed E-state index contributed by atoms with van der Waals surface area (Å²) in [5, 5.41) is 6.05. The molecule has 0 radical (unpaired) electrons. The highest BCUT2D eigenvalue weighted by atomic mass is 35.5. The number of hydrogen-bond donors (Lipinski definition) is 3. The number of hydrogen-bond acceptors (Lipinski definition) is 2. The van der Waals surface area contributed by atoms with E-state index < -0.39 is 0 Å². The summed E-state index contributed by atoms with van der Waals surface area (Å²) in [6, 6.07) is 4.81. The van der Waals surface area contributed by atoms with Gasteiger partial charge in [-0.15, -0.1) is 0 Å². The Labute approximate surface area is 112 Å². The van der Waals surface area contributed by atoms with Gasteiger partial charge < -0.3 is 16.4 Å². The first-order chi connectivity index (χ1) is 8.65. The van der Waals surface area contributed by atoms with Crippen molar-refractivity contribution < 1.29 is 4.79 Å². The van der Waals surface area contributed by atoms with Crippen LogP contribution in [-0.2, 0) is 0 Å². The van der Waals surface area contributed by atoms with E-state index in [1.807, 2.05) is 0 Å². The Morgan fingerprint density at radius 2 is 2.11 bits per heavy atom. The van der Waals surface area contributed by atoms with Gasteiger partial charge in [-0.05, 0) is 37.0 Å². The molecule has 98 valence electrons. The van der Waals surface area contributed by atoms with Crippen molar-refractivity contribution in [1.82, 2.24) is 5.32 Å². The second-order valence-corrected chi connectivity index (χ2v) is 5.13. The molecule has 1 aliphatic rings. The maximum absolute atomic E-state index is 11.7. The van der Waals surface area contributed by atoms with E-state index in [4.69, 9.17) is 17.3 Å². The van der Waals surface area contributed by atoms with E-state index in [0.717, 1.165) is 6.54 Å². The number of amides is 2. The first kappa shape index (κ1) is 13.0. The molecule has 0 heterocycles. The zero-order chi connectivity index (χ0) is 13.0. The summed E-state index contributed by atoms with van der Waals surface area (Å²) in [6.07, 6.45) is 4.97. The minimum atomic E-state index is -0.214.